The second-order valence-corrected chi connectivity index (χ2v) is 11.3. The molecule has 1 aliphatic heterocycles. The second-order valence-electron chi connectivity index (χ2n) is 8.68. The van der Waals surface area contributed by atoms with Crippen LogP contribution in [0.3, 0.4) is 0 Å². The zero-order chi connectivity index (χ0) is 23.8. The van der Waals surface area contributed by atoms with Gasteiger partial charge in [0.2, 0.25) is 0 Å². The fourth-order valence-corrected chi connectivity index (χ4v) is 6.32. The first-order chi connectivity index (χ1) is 15.7. The highest BCUT2D eigenvalue weighted by Gasteiger charge is 2.38. The third-order valence-corrected chi connectivity index (χ3v) is 8.17. The minimum absolute atomic E-state index is 0.00586. The maximum atomic E-state index is 12.9. The van der Waals surface area contributed by atoms with Crippen LogP contribution in [-0.2, 0) is 24.2 Å². The average Bonchev–Trinajstić information content (AvgIpc) is 3.15. The van der Waals surface area contributed by atoms with Gasteiger partial charge in [0.15, 0.2) is 16.4 Å². The van der Waals surface area contributed by atoms with E-state index >= 15 is 0 Å². The van der Waals surface area contributed by atoms with Crippen LogP contribution in [0.4, 0.5) is 0 Å². The Morgan fingerprint density at radius 2 is 1.73 bits per heavy atom. The van der Waals surface area contributed by atoms with Gasteiger partial charge in [0, 0.05) is 35.6 Å². The summed E-state index contributed by atoms with van der Waals surface area (Å²) in [5.74, 6) is -1.03. The first-order valence-corrected chi connectivity index (χ1v) is 13.7. The highest BCUT2D eigenvalue weighted by Crippen LogP contribution is 2.28. The van der Waals surface area contributed by atoms with Crippen molar-refractivity contribution in [3.05, 3.63) is 34.9 Å². The maximum Gasteiger partial charge on any atom is 0.306 e. The molecule has 3 rings (SSSR count). The number of hydrogen-bond donors (Lipinski definition) is 1. The van der Waals surface area contributed by atoms with Crippen LogP contribution in [-0.4, -0.2) is 67.8 Å². The Bertz CT molecular complexity index is 944. The number of halogens is 1. The van der Waals surface area contributed by atoms with E-state index in [4.69, 9.17) is 16.3 Å². The molecule has 1 N–H and O–H groups in total. The molecule has 0 spiro atoms. The van der Waals surface area contributed by atoms with Crippen LogP contribution >= 0.6 is 11.6 Å². The third-order valence-electron chi connectivity index (χ3n) is 6.16. The van der Waals surface area contributed by atoms with Crippen LogP contribution in [0.5, 0.6) is 0 Å². The smallest absolute Gasteiger partial charge is 0.306 e. The lowest BCUT2D eigenvalue weighted by molar-refractivity contribution is -0.154. The van der Waals surface area contributed by atoms with Gasteiger partial charge in [0.05, 0.1) is 11.5 Å². The van der Waals surface area contributed by atoms with E-state index in [9.17, 15) is 22.8 Å². The summed E-state index contributed by atoms with van der Waals surface area (Å²) in [6.45, 7) is -0.0956. The predicted octanol–water partition coefficient (Wildman–Crippen LogP) is 2.74. The lowest BCUT2D eigenvalue weighted by atomic mass is 9.93. The van der Waals surface area contributed by atoms with Gasteiger partial charge in [-0.25, -0.2) is 8.42 Å². The Kier molecular flexibility index (Phi) is 9.14. The van der Waals surface area contributed by atoms with E-state index < -0.39 is 15.8 Å². The van der Waals surface area contributed by atoms with Crippen LogP contribution in [0, 0.1) is 0 Å². The highest BCUT2D eigenvalue weighted by molar-refractivity contribution is 7.91. The number of nitrogens with one attached hydrogen (secondary N) is 1. The van der Waals surface area contributed by atoms with E-state index in [-0.39, 0.29) is 48.4 Å². The number of sulfone groups is 1. The maximum absolute atomic E-state index is 12.9. The molecule has 1 aromatic rings. The number of rotatable bonds is 9. The van der Waals surface area contributed by atoms with Crippen LogP contribution < -0.4 is 5.32 Å². The minimum Gasteiger partial charge on any atom is -0.456 e. The summed E-state index contributed by atoms with van der Waals surface area (Å²) in [6, 6.07) is 6.15. The van der Waals surface area contributed by atoms with E-state index in [0.717, 1.165) is 32.1 Å². The molecule has 1 saturated carbocycles. The number of carbonyl (C=O) groups is 3. The van der Waals surface area contributed by atoms with Crippen molar-refractivity contribution in [2.75, 3.05) is 24.7 Å². The largest absolute Gasteiger partial charge is 0.456 e. The number of carbonyl (C=O) groups excluding carboxylic acids is 3. The van der Waals surface area contributed by atoms with E-state index in [1.165, 1.54) is 0 Å². The lowest BCUT2D eigenvalue weighted by Gasteiger charge is -2.38. The number of amides is 2. The Balaban J connectivity index is 1.43. The summed E-state index contributed by atoms with van der Waals surface area (Å²) in [5.41, 5.74) is 0.476. The van der Waals surface area contributed by atoms with Crippen LogP contribution in [0.25, 0.3) is 0 Å². The van der Waals surface area contributed by atoms with Crippen molar-refractivity contribution < 1.29 is 27.5 Å². The monoisotopic (exact) mass is 498 g/mol. The molecule has 8 nitrogen and oxygen atoms in total. The molecular weight excluding hydrogens is 468 g/mol. The molecule has 1 aliphatic carbocycles. The van der Waals surface area contributed by atoms with Gasteiger partial charge in [-0.05, 0) is 49.9 Å². The highest BCUT2D eigenvalue weighted by atomic mass is 35.5. The number of ether oxygens (including phenoxy) is 1. The van der Waals surface area contributed by atoms with Crippen molar-refractivity contribution in [3.63, 3.8) is 0 Å². The first kappa shape index (κ1) is 25.5. The Labute approximate surface area is 199 Å². The first-order valence-electron chi connectivity index (χ1n) is 11.5. The van der Waals surface area contributed by atoms with Crippen molar-refractivity contribution >= 4 is 39.2 Å². The molecule has 0 radical (unpaired) electrons. The van der Waals surface area contributed by atoms with Gasteiger partial charge in [-0.3, -0.25) is 14.4 Å². The summed E-state index contributed by atoms with van der Waals surface area (Å²) >= 11 is 5.81. The number of benzene rings is 1. The molecule has 33 heavy (non-hydrogen) atoms. The van der Waals surface area contributed by atoms with Gasteiger partial charge in [0.1, 0.15) is 0 Å². The van der Waals surface area contributed by atoms with Crippen molar-refractivity contribution in [2.24, 2.45) is 0 Å². The zero-order valence-corrected chi connectivity index (χ0v) is 20.2. The molecule has 2 fully saturated rings. The van der Waals surface area contributed by atoms with Gasteiger partial charge in [-0.2, -0.15) is 0 Å². The summed E-state index contributed by atoms with van der Waals surface area (Å²) in [5, 5.41) is 3.26. The molecular formula is C23H31ClN2O6S. The molecule has 1 heterocycles. The fraction of sp³-hybridized carbons (Fsp3) is 0.609. The van der Waals surface area contributed by atoms with E-state index in [2.05, 4.69) is 5.32 Å². The van der Waals surface area contributed by atoms with Gasteiger partial charge in [-0.1, -0.05) is 30.9 Å². The Morgan fingerprint density at radius 1 is 1.03 bits per heavy atom. The third kappa shape index (κ3) is 7.71. The zero-order valence-electron chi connectivity index (χ0n) is 18.6. The van der Waals surface area contributed by atoms with Gasteiger partial charge < -0.3 is 15.0 Å². The summed E-state index contributed by atoms with van der Waals surface area (Å²) < 4.78 is 29.1. The number of nitrogens with zero attached hydrogens (tertiary/aromatic N) is 1. The topological polar surface area (TPSA) is 110 Å². The molecule has 0 aromatic heterocycles. The Morgan fingerprint density at radius 3 is 2.36 bits per heavy atom. The summed E-state index contributed by atoms with van der Waals surface area (Å²) in [4.78, 5) is 38.8. The van der Waals surface area contributed by atoms with Crippen molar-refractivity contribution in [1.29, 1.82) is 0 Å². The van der Waals surface area contributed by atoms with Crippen LogP contribution in [0.2, 0.25) is 5.02 Å². The average molecular weight is 499 g/mol. The lowest BCUT2D eigenvalue weighted by Crippen LogP contribution is -2.50. The molecule has 1 atom stereocenters. The standard InChI is InChI=1S/C23H31ClN2O6S/c24-18-10-8-17(9-11-18)23(29)25-13-4-7-22(28)32-15-21(27)26(19-5-2-1-3-6-19)20-12-14-33(30,31)16-20/h8-11,19-20H,1-7,12-16H2,(H,25,29). The minimum atomic E-state index is -3.13. The molecule has 182 valence electrons. The fourth-order valence-electron chi connectivity index (χ4n) is 4.49. The van der Waals surface area contributed by atoms with Gasteiger partial charge in [0.25, 0.3) is 11.8 Å². The molecule has 0 bridgehead atoms. The van der Waals surface area contributed by atoms with Gasteiger partial charge >= 0.3 is 5.97 Å². The molecule has 2 amide bonds. The summed E-state index contributed by atoms with van der Waals surface area (Å²) in [7, 11) is -3.13. The van der Waals surface area contributed by atoms with Crippen molar-refractivity contribution in [2.45, 2.75) is 63.5 Å². The molecule has 1 unspecified atom stereocenters. The second kappa shape index (κ2) is 11.8. The number of esters is 1. The quantitative estimate of drug-likeness (QED) is 0.414. The van der Waals surface area contributed by atoms with Crippen molar-refractivity contribution in [1.82, 2.24) is 10.2 Å². The van der Waals surface area contributed by atoms with E-state index in [0.29, 0.717) is 30.0 Å². The van der Waals surface area contributed by atoms with Gasteiger partial charge in [-0.15, -0.1) is 0 Å². The molecule has 1 aromatic carbocycles. The van der Waals surface area contributed by atoms with Crippen LogP contribution in [0.15, 0.2) is 24.3 Å². The van der Waals surface area contributed by atoms with E-state index in [1.54, 1.807) is 29.2 Å². The normalized spacial score (nSPS) is 20.2. The molecule has 10 heteroatoms. The Hall–Kier alpha value is -2.13. The predicted molar refractivity (Wildman–Crippen MR) is 125 cm³/mol. The SMILES string of the molecule is O=C(CCCNC(=O)c1ccc(Cl)cc1)OCC(=O)N(C1CCCCC1)C1CCS(=O)(=O)C1. The van der Waals surface area contributed by atoms with Crippen LogP contribution in [0.1, 0.15) is 61.7 Å². The van der Waals surface area contributed by atoms with Crippen molar-refractivity contribution in [3.8, 4) is 0 Å². The number of hydrogen-bond acceptors (Lipinski definition) is 6. The summed E-state index contributed by atoms with van der Waals surface area (Å²) in [6.07, 6.45) is 5.71. The molecule has 1 saturated heterocycles. The molecule has 2 aliphatic rings. The van der Waals surface area contributed by atoms with E-state index in [1.807, 2.05) is 0 Å².